The standard InChI is InChI=1S/C49H60N8O6/c1-26(2)40(54-46(60)62-5)42(58)56-24-28-17-19-48(56,21-28)44-50-22-38(52-44)36-15-13-34(30-9-7-11-32(30)36)35-14-16-37(33-12-8-10-31(33)35)39-23-51-45(53-39)49-20-18-29(49)25-57(49)43(59)41(27(3)4)55-47(61)63-6/h13-16,22-23,26-29,40-41H,7-12,17-21,24-25H2,1-6H3,(H,50,52)(H,51,53)(H,54,60)(H,55,61)/t28?,29?,40-,41-,48?,49?/m0/s1. The Morgan fingerprint density at radius 3 is 1.63 bits per heavy atom. The number of hydrogen-bond acceptors (Lipinski definition) is 8. The van der Waals surface area contributed by atoms with Crippen molar-refractivity contribution in [3.63, 3.8) is 0 Å². The van der Waals surface area contributed by atoms with E-state index in [1.165, 1.54) is 58.7 Å². The van der Waals surface area contributed by atoms with E-state index in [1.54, 1.807) is 0 Å². The Balaban J connectivity index is 0.925. The van der Waals surface area contributed by atoms with E-state index in [0.717, 1.165) is 93.7 Å². The maximum Gasteiger partial charge on any atom is 0.407 e. The van der Waals surface area contributed by atoms with E-state index < -0.39 is 35.3 Å². The van der Waals surface area contributed by atoms with Crippen molar-refractivity contribution in [2.75, 3.05) is 27.3 Å². The van der Waals surface area contributed by atoms with E-state index >= 15 is 0 Å². The summed E-state index contributed by atoms with van der Waals surface area (Å²) < 4.78 is 9.72. The van der Waals surface area contributed by atoms with Gasteiger partial charge in [0.15, 0.2) is 0 Å². The molecule has 6 aliphatic rings. The largest absolute Gasteiger partial charge is 0.453 e. The predicted octanol–water partition coefficient (Wildman–Crippen LogP) is 7.16. The molecule has 4 aromatic rings. The molecule has 2 aromatic carbocycles. The summed E-state index contributed by atoms with van der Waals surface area (Å²) in [4.78, 5) is 73.8. The number of nitrogens with one attached hydrogen (secondary N) is 4. The highest BCUT2D eigenvalue weighted by atomic mass is 16.5. The van der Waals surface area contributed by atoms with Gasteiger partial charge in [0.1, 0.15) is 34.8 Å². The maximum atomic E-state index is 14.2. The maximum absolute atomic E-state index is 14.2. The number of imidazole rings is 2. The SMILES string of the molecule is COC(=O)N[C@H](C(=O)N1CC2CCC1(c1ncc(-c3ccc(-c4ccc(-c5cnc(C67CCC6CN7C(=O)[C@@H](NC(=O)OC)C(C)C)[nH]5)c5c4CCC5)c4c3CCC4)[nH]1)C2)C(C)C. The first-order valence-corrected chi connectivity index (χ1v) is 23.1. The van der Waals surface area contributed by atoms with Crippen molar-refractivity contribution in [1.29, 1.82) is 0 Å². The number of aromatic nitrogens is 4. The van der Waals surface area contributed by atoms with Crippen LogP contribution in [-0.4, -0.2) is 93.1 Å². The second-order valence-electron chi connectivity index (χ2n) is 19.6. The molecule has 2 saturated carbocycles. The van der Waals surface area contributed by atoms with Gasteiger partial charge < -0.3 is 39.9 Å². The van der Waals surface area contributed by atoms with Gasteiger partial charge in [-0.3, -0.25) is 9.59 Å². The molecule has 4 aliphatic carbocycles. The predicted molar refractivity (Wildman–Crippen MR) is 236 cm³/mol. The molecule has 2 aliphatic heterocycles. The van der Waals surface area contributed by atoms with Crippen LogP contribution in [0.1, 0.15) is 107 Å². The van der Waals surface area contributed by atoms with Crippen molar-refractivity contribution in [1.82, 2.24) is 40.4 Å². The third-order valence-corrected chi connectivity index (χ3v) is 15.7. The fraction of sp³-hybridized carbons (Fsp3) is 0.551. The number of H-pyrrole nitrogens is 2. The van der Waals surface area contributed by atoms with Crippen LogP contribution >= 0.6 is 0 Å². The number of likely N-dealkylation sites (tertiary alicyclic amines) is 2. The van der Waals surface area contributed by atoms with Crippen LogP contribution in [0.5, 0.6) is 0 Å². The van der Waals surface area contributed by atoms with Gasteiger partial charge in [0.25, 0.3) is 0 Å². The monoisotopic (exact) mass is 856 g/mol. The highest BCUT2D eigenvalue weighted by molar-refractivity contribution is 5.89. The summed E-state index contributed by atoms with van der Waals surface area (Å²) in [5.41, 5.74) is 11.5. The number of rotatable bonds is 11. The zero-order chi connectivity index (χ0) is 43.9. The molecule has 63 heavy (non-hydrogen) atoms. The molecular weight excluding hydrogens is 797 g/mol. The van der Waals surface area contributed by atoms with Crippen LogP contribution in [0, 0.1) is 23.7 Å². The Bertz CT molecular complexity index is 2510. The molecular formula is C49H60N8O6. The van der Waals surface area contributed by atoms with Crippen molar-refractivity contribution in [2.45, 2.75) is 121 Å². The van der Waals surface area contributed by atoms with Gasteiger partial charge in [-0.1, -0.05) is 52.0 Å². The van der Waals surface area contributed by atoms with Gasteiger partial charge in [0, 0.05) is 30.1 Å². The van der Waals surface area contributed by atoms with Crippen LogP contribution in [0.2, 0.25) is 0 Å². The minimum atomic E-state index is -0.682. The normalized spacial score (nSPS) is 25.0. The van der Waals surface area contributed by atoms with Crippen molar-refractivity contribution >= 4 is 24.0 Å². The lowest BCUT2D eigenvalue weighted by molar-refractivity contribution is -0.190. The van der Waals surface area contributed by atoms with E-state index in [4.69, 9.17) is 19.4 Å². The fourth-order valence-electron chi connectivity index (χ4n) is 12.3. The average molecular weight is 857 g/mol. The molecule has 4 heterocycles. The Labute approximate surface area is 368 Å². The number of carbonyl (C=O) groups is 4. The smallest absolute Gasteiger partial charge is 0.407 e. The molecule has 0 spiro atoms. The van der Waals surface area contributed by atoms with Gasteiger partial charge in [-0.05, 0) is 122 Å². The van der Waals surface area contributed by atoms with E-state index in [1.807, 2.05) is 49.9 Å². The van der Waals surface area contributed by atoms with E-state index in [0.29, 0.717) is 24.9 Å². The minimum absolute atomic E-state index is 0.0813. The van der Waals surface area contributed by atoms with Crippen LogP contribution in [0.25, 0.3) is 33.6 Å². The number of carbonyl (C=O) groups excluding carboxylic acids is 4. The molecule has 2 saturated heterocycles. The summed E-state index contributed by atoms with van der Waals surface area (Å²) in [5.74, 6) is 2.03. The van der Waals surface area contributed by atoms with Crippen molar-refractivity contribution in [2.24, 2.45) is 23.7 Å². The zero-order valence-electron chi connectivity index (χ0n) is 37.4. The van der Waals surface area contributed by atoms with Gasteiger partial charge in [-0.25, -0.2) is 19.6 Å². The topological polar surface area (TPSA) is 175 Å². The third-order valence-electron chi connectivity index (χ3n) is 15.7. The number of fused-ring (bicyclic) bond motifs is 5. The fourth-order valence-corrected chi connectivity index (χ4v) is 12.3. The molecule has 4 unspecified atom stereocenters. The number of amides is 4. The second kappa shape index (κ2) is 15.5. The van der Waals surface area contributed by atoms with Crippen molar-refractivity contribution in [3.05, 3.63) is 70.6 Å². The van der Waals surface area contributed by atoms with Gasteiger partial charge in [-0.2, -0.15) is 0 Å². The van der Waals surface area contributed by atoms with E-state index in [-0.39, 0.29) is 23.7 Å². The summed E-state index contributed by atoms with van der Waals surface area (Å²) in [6.45, 7) is 9.09. The number of ether oxygens (including phenoxy) is 2. The number of piperidine rings is 2. The molecule has 6 atom stereocenters. The highest BCUT2D eigenvalue weighted by Crippen LogP contribution is 2.59. The summed E-state index contributed by atoms with van der Waals surface area (Å²) in [6, 6.07) is 7.77. The number of alkyl carbamates (subject to hydrolysis) is 2. The molecule has 332 valence electrons. The molecule has 10 rings (SSSR count). The van der Waals surface area contributed by atoms with Crippen molar-refractivity contribution in [3.8, 4) is 33.6 Å². The lowest BCUT2D eigenvalue weighted by Crippen LogP contribution is -2.74. The summed E-state index contributed by atoms with van der Waals surface area (Å²) in [7, 11) is 2.64. The van der Waals surface area contributed by atoms with Crippen LogP contribution in [-0.2, 0) is 55.8 Å². The second-order valence-corrected chi connectivity index (χ2v) is 19.6. The van der Waals surface area contributed by atoms with Crippen LogP contribution in [0.4, 0.5) is 9.59 Å². The Hall–Kier alpha value is -5.66. The average Bonchev–Trinajstić information content (AvgIpc) is 4.14. The van der Waals surface area contributed by atoms with Gasteiger partial charge in [0.05, 0.1) is 38.0 Å². The summed E-state index contributed by atoms with van der Waals surface area (Å²) in [5, 5.41) is 5.56. The molecule has 4 amide bonds. The Morgan fingerprint density at radius 1 is 0.667 bits per heavy atom. The van der Waals surface area contributed by atoms with Crippen LogP contribution in [0.15, 0.2) is 36.7 Å². The molecule has 2 bridgehead atoms. The van der Waals surface area contributed by atoms with Crippen molar-refractivity contribution < 1.29 is 28.7 Å². The van der Waals surface area contributed by atoms with Crippen LogP contribution in [0.3, 0.4) is 0 Å². The lowest BCUT2D eigenvalue weighted by Gasteiger charge is -2.65. The molecule has 2 aromatic heterocycles. The van der Waals surface area contributed by atoms with E-state index in [9.17, 15) is 19.2 Å². The molecule has 14 heteroatoms. The number of benzene rings is 2. The minimum Gasteiger partial charge on any atom is -0.453 e. The van der Waals surface area contributed by atoms with Gasteiger partial charge in [0.2, 0.25) is 11.8 Å². The summed E-state index contributed by atoms with van der Waals surface area (Å²) >= 11 is 0. The Morgan fingerprint density at radius 2 is 1.16 bits per heavy atom. The molecule has 14 nitrogen and oxygen atoms in total. The van der Waals surface area contributed by atoms with E-state index in [2.05, 4.69) is 44.9 Å². The van der Waals surface area contributed by atoms with Crippen LogP contribution < -0.4 is 10.6 Å². The zero-order valence-corrected chi connectivity index (χ0v) is 37.4. The first-order valence-electron chi connectivity index (χ1n) is 23.1. The molecule has 4 N–H and O–H groups in total. The molecule has 4 fully saturated rings. The van der Waals surface area contributed by atoms with Gasteiger partial charge >= 0.3 is 12.2 Å². The number of methoxy groups -OCH3 is 2. The number of hydrogen-bond donors (Lipinski definition) is 4. The number of aromatic amines is 2. The third kappa shape index (κ3) is 6.39. The highest BCUT2D eigenvalue weighted by Gasteiger charge is 2.65. The first-order chi connectivity index (χ1) is 30.4. The van der Waals surface area contributed by atoms with Gasteiger partial charge in [-0.15, -0.1) is 0 Å². The lowest BCUT2D eigenvalue weighted by atomic mass is 9.58. The molecule has 0 radical (unpaired) electrons. The first kappa shape index (κ1) is 41.4. The number of nitrogens with zero attached hydrogens (tertiary/aromatic N) is 4. The quantitative estimate of drug-likeness (QED) is 0.123. The summed E-state index contributed by atoms with van der Waals surface area (Å²) in [6.07, 6.45) is 13.5. The Kier molecular flexibility index (Phi) is 10.2.